The second-order valence-corrected chi connectivity index (χ2v) is 2.89. The van der Waals surface area contributed by atoms with Crippen molar-refractivity contribution in [1.29, 1.82) is 5.26 Å². The van der Waals surface area contributed by atoms with Crippen molar-refractivity contribution in [3.63, 3.8) is 0 Å². The number of furan rings is 1. The molecule has 70 valence electrons. The van der Waals surface area contributed by atoms with Crippen molar-refractivity contribution in [2.45, 2.75) is 0 Å². The molecule has 2 rings (SSSR count). The molecule has 0 N–H and O–H groups in total. The van der Waals surface area contributed by atoms with Gasteiger partial charge in [-0.05, 0) is 30.2 Å². The van der Waals surface area contributed by atoms with Crippen molar-refractivity contribution < 1.29 is 4.42 Å². The zero-order valence-electron chi connectivity index (χ0n) is 7.90. The lowest BCUT2D eigenvalue weighted by Gasteiger charge is -1.85. The van der Waals surface area contributed by atoms with Crippen LogP contribution in [0.3, 0.4) is 0 Å². The van der Waals surface area contributed by atoms with Crippen LogP contribution in [0.15, 0.2) is 46.9 Å². The van der Waals surface area contributed by atoms with Gasteiger partial charge in [-0.15, -0.1) is 0 Å². The summed E-state index contributed by atoms with van der Waals surface area (Å²) >= 11 is 0. The van der Waals surface area contributed by atoms with Gasteiger partial charge in [-0.2, -0.15) is 5.26 Å². The van der Waals surface area contributed by atoms with E-state index in [4.69, 9.17) is 9.68 Å². The fraction of sp³-hybridized carbons (Fsp3) is 0. The Balaban J connectivity index is 2.23. The van der Waals surface area contributed by atoms with Crippen LogP contribution in [0.25, 0.3) is 0 Å². The summed E-state index contributed by atoms with van der Waals surface area (Å²) in [7, 11) is 0. The lowest BCUT2D eigenvalue weighted by Crippen LogP contribution is -1.71. The van der Waals surface area contributed by atoms with E-state index in [9.17, 15) is 0 Å². The molecule has 2 nitrogen and oxygen atoms in total. The molecule has 2 aromatic rings. The van der Waals surface area contributed by atoms with Crippen LogP contribution in [-0.2, 0) is 0 Å². The number of hydrogen-bond acceptors (Lipinski definition) is 2. The van der Waals surface area contributed by atoms with Crippen molar-refractivity contribution in [2.24, 2.45) is 0 Å². The van der Waals surface area contributed by atoms with Crippen molar-refractivity contribution >= 4 is 0 Å². The summed E-state index contributed by atoms with van der Waals surface area (Å²) in [6, 6.07) is 14.8. The van der Waals surface area contributed by atoms with Crippen LogP contribution in [0.4, 0.5) is 0 Å². The Hall–Kier alpha value is -2.45. The van der Waals surface area contributed by atoms with Gasteiger partial charge in [0.15, 0.2) is 5.76 Å². The van der Waals surface area contributed by atoms with Crippen LogP contribution < -0.4 is 0 Å². The third-order valence-electron chi connectivity index (χ3n) is 1.82. The molecule has 0 aliphatic heterocycles. The highest BCUT2D eigenvalue weighted by Gasteiger charge is 1.95. The molecule has 0 aliphatic carbocycles. The maximum absolute atomic E-state index is 8.54. The second-order valence-electron chi connectivity index (χ2n) is 2.89. The lowest BCUT2D eigenvalue weighted by atomic mass is 10.2. The van der Waals surface area contributed by atoms with E-state index in [0.717, 1.165) is 5.56 Å². The highest BCUT2D eigenvalue weighted by molar-refractivity contribution is 5.39. The summed E-state index contributed by atoms with van der Waals surface area (Å²) in [5.74, 6) is 6.59. The number of rotatable bonds is 0. The Morgan fingerprint density at radius 3 is 2.27 bits per heavy atom. The smallest absolute Gasteiger partial charge is 0.205 e. The SMILES string of the molecule is N#Cc1ccc(C#Cc2ccccc2)o1. The third-order valence-corrected chi connectivity index (χ3v) is 1.82. The fourth-order valence-corrected chi connectivity index (χ4v) is 1.12. The molecule has 1 heterocycles. The Kier molecular flexibility index (Phi) is 2.54. The summed E-state index contributed by atoms with van der Waals surface area (Å²) in [5.41, 5.74) is 0.924. The second kappa shape index (κ2) is 4.17. The largest absolute Gasteiger partial charge is 0.437 e. The van der Waals surface area contributed by atoms with Crippen LogP contribution >= 0.6 is 0 Å². The predicted molar refractivity (Wildman–Crippen MR) is 55.8 cm³/mol. The Bertz CT molecular complexity index is 549. The summed E-state index contributed by atoms with van der Waals surface area (Å²) in [6.45, 7) is 0. The molecule has 2 heteroatoms. The molecule has 0 spiro atoms. The first-order chi connectivity index (χ1) is 7.38. The summed E-state index contributed by atoms with van der Waals surface area (Å²) in [4.78, 5) is 0. The molecule has 0 amide bonds. The van der Waals surface area contributed by atoms with E-state index in [1.807, 2.05) is 36.4 Å². The van der Waals surface area contributed by atoms with Gasteiger partial charge in [0.05, 0.1) is 0 Å². The number of hydrogen-bond donors (Lipinski definition) is 0. The van der Waals surface area contributed by atoms with Crippen LogP contribution in [0, 0.1) is 23.2 Å². The minimum Gasteiger partial charge on any atom is -0.437 e. The molecule has 0 saturated heterocycles. The summed E-state index contributed by atoms with van der Waals surface area (Å²) in [5, 5.41) is 8.54. The van der Waals surface area contributed by atoms with E-state index in [0.29, 0.717) is 5.76 Å². The maximum Gasteiger partial charge on any atom is 0.205 e. The van der Waals surface area contributed by atoms with Crippen molar-refractivity contribution in [2.75, 3.05) is 0 Å². The first-order valence-corrected chi connectivity index (χ1v) is 4.45. The Morgan fingerprint density at radius 1 is 0.867 bits per heavy atom. The van der Waals surface area contributed by atoms with Crippen molar-refractivity contribution in [1.82, 2.24) is 0 Å². The fourth-order valence-electron chi connectivity index (χ4n) is 1.12. The Morgan fingerprint density at radius 2 is 1.60 bits per heavy atom. The quantitative estimate of drug-likeness (QED) is 0.603. The van der Waals surface area contributed by atoms with Crippen LogP contribution in [0.5, 0.6) is 0 Å². The van der Waals surface area contributed by atoms with Gasteiger partial charge in [0.25, 0.3) is 0 Å². The summed E-state index contributed by atoms with van der Waals surface area (Å²) < 4.78 is 5.12. The molecule has 0 radical (unpaired) electrons. The average molecular weight is 193 g/mol. The van der Waals surface area contributed by atoms with Gasteiger partial charge in [0, 0.05) is 5.56 Å². The van der Waals surface area contributed by atoms with Crippen molar-refractivity contribution in [3.05, 3.63) is 59.5 Å². The van der Waals surface area contributed by atoms with E-state index in [2.05, 4.69) is 11.8 Å². The molecule has 0 aliphatic rings. The molecular weight excluding hydrogens is 186 g/mol. The minimum absolute atomic E-state index is 0.285. The molecule has 0 unspecified atom stereocenters. The molecular formula is C13H7NO. The van der Waals surface area contributed by atoms with Crippen LogP contribution in [0.2, 0.25) is 0 Å². The van der Waals surface area contributed by atoms with E-state index in [1.165, 1.54) is 0 Å². The molecule has 0 atom stereocenters. The van der Waals surface area contributed by atoms with Gasteiger partial charge in [-0.3, -0.25) is 0 Å². The van der Waals surface area contributed by atoms with Crippen molar-refractivity contribution in [3.8, 4) is 17.9 Å². The zero-order valence-corrected chi connectivity index (χ0v) is 7.90. The highest BCUT2D eigenvalue weighted by Crippen LogP contribution is 2.05. The maximum atomic E-state index is 8.54. The normalized spacial score (nSPS) is 8.73. The van der Waals surface area contributed by atoms with Gasteiger partial charge in [0.2, 0.25) is 5.76 Å². The lowest BCUT2D eigenvalue weighted by molar-refractivity contribution is 0.540. The standard InChI is InChI=1S/C13H7NO/c14-10-13-9-8-12(15-13)7-6-11-4-2-1-3-5-11/h1-5,8-9H. The molecule has 15 heavy (non-hydrogen) atoms. The first-order valence-electron chi connectivity index (χ1n) is 4.45. The molecule has 0 bridgehead atoms. The van der Waals surface area contributed by atoms with Gasteiger partial charge >= 0.3 is 0 Å². The van der Waals surface area contributed by atoms with E-state index < -0.39 is 0 Å². The number of nitriles is 1. The predicted octanol–water partition coefficient (Wildman–Crippen LogP) is 2.55. The topological polar surface area (TPSA) is 36.9 Å². The van der Waals surface area contributed by atoms with Gasteiger partial charge in [0.1, 0.15) is 6.07 Å². The Labute approximate surface area is 87.8 Å². The average Bonchev–Trinajstić information content (AvgIpc) is 2.76. The van der Waals surface area contributed by atoms with Crippen LogP contribution in [0.1, 0.15) is 17.1 Å². The van der Waals surface area contributed by atoms with Crippen LogP contribution in [-0.4, -0.2) is 0 Å². The first kappa shape index (κ1) is 9.12. The zero-order chi connectivity index (χ0) is 10.5. The molecule has 0 fully saturated rings. The molecule has 0 saturated carbocycles. The third kappa shape index (κ3) is 2.27. The monoisotopic (exact) mass is 193 g/mol. The number of nitrogens with zero attached hydrogens (tertiary/aromatic N) is 1. The summed E-state index contributed by atoms with van der Waals surface area (Å²) in [6.07, 6.45) is 0. The minimum atomic E-state index is 0.285. The van der Waals surface area contributed by atoms with E-state index >= 15 is 0 Å². The molecule has 1 aromatic heterocycles. The van der Waals surface area contributed by atoms with E-state index in [1.54, 1.807) is 12.1 Å². The van der Waals surface area contributed by atoms with Gasteiger partial charge < -0.3 is 4.42 Å². The van der Waals surface area contributed by atoms with E-state index in [-0.39, 0.29) is 5.76 Å². The van der Waals surface area contributed by atoms with Gasteiger partial charge in [-0.25, -0.2) is 0 Å². The highest BCUT2D eigenvalue weighted by atomic mass is 16.3. The van der Waals surface area contributed by atoms with Gasteiger partial charge in [-0.1, -0.05) is 24.1 Å². The molecule has 1 aromatic carbocycles. The number of benzene rings is 1.